The Kier molecular flexibility index (Phi) is 4.00. The molecule has 0 amide bonds. The van der Waals surface area contributed by atoms with Crippen molar-refractivity contribution < 1.29 is 10.2 Å². The molecule has 3 nitrogen and oxygen atoms in total. The van der Waals surface area contributed by atoms with E-state index in [4.69, 9.17) is 0 Å². The molecule has 2 N–H and O–H groups in total. The first-order valence-electron chi connectivity index (χ1n) is 6.34. The second-order valence-electron chi connectivity index (χ2n) is 5.10. The maximum absolute atomic E-state index is 9.98. The molecule has 0 aromatic carbocycles. The highest BCUT2D eigenvalue weighted by Gasteiger charge is 2.31. The summed E-state index contributed by atoms with van der Waals surface area (Å²) >= 11 is 0. The molecule has 1 saturated carbocycles. The van der Waals surface area contributed by atoms with Gasteiger partial charge < -0.3 is 10.2 Å². The summed E-state index contributed by atoms with van der Waals surface area (Å²) in [5, 5.41) is 19.2. The molecule has 1 aliphatic heterocycles. The van der Waals surface area contributed by atoms with E-state index < -0.39 is 0 Å². The van der Waals surface area contributed by atoms with Gasteiger partial charge in [0.2, 0.25) is 0 Å². The van der Waals surface area contributed by atoms with Crippen LogP contribution >= 0.6 is 0 Å². The Morgan fingerprint density at radius 1 is 1.07 bits per heavy atom. The lowest BCUT2D eigenvalue weighted by Crippen LogP contribution is -2.50. The summed E-state index contributed by atoms with van der Waals surface area (Å²) in [6.07, 6.45) is 6.72. The molecule has 0 aromatic heterocycles. The lowest BCUT2D eigenvalue weighted by molar-refractivity contribution is -0.00649. The predicted octanol–water partition coefficient (Wildman–Crippen LogP) is 0.994. The van der Waals surface area contributed by atoms with Crippen LogP contribution in [0, 0.1) is 5.92 Å². The molecule has 88 valence electrons. The third-order valence-electron chi connectivity index (χ3n) is 3.97. The molecule has 0 radical (unpaired) electrons. The van der Waals surface area contributed by atoms with Crippen molar-refractivity contribution >= 4 is 0 Å². The molecule has 1 unspecified atom stereocenters. The molecule has 1 saturated heterocycles. The molecule has 2 rings (SSSR count). The van der Waals surface area contributed by atoms with Crippen LogP contribution in [0.3, 0.4) is 0 Å². The van der Waals surface area contributed by atoms with Crippen LogP contribution in [-0.4, -0.2) is 47.0 Å². The van der Waals surface area contributed by atoms with Crippen LogP contribution in [0.15, 0.2) is 0 Å². The van der Waals surface area contributed by atoms with Crippen molar-refractivity contribution in [2.45, 2.75) is 50.7 Å². The van der Waals surface area contributed by atoms with E-state index in [1.165, 1.54) is 19.3 Å². The van der Waals surface area contributed by atoms with E-state index >= 15 is 0 Å². The highest BCUT2D eigenvalue weighted by Crippen LogP contribution is 2.27. The Hall–Kier alpha value is -0.120. The molecule has 0 aromatic rings. The predicted molar refractivity (Wildman–Crippen MR) is 59.6 cm³/mol. The lowest BCUT2D eigenvalue weighted by Gasteiger charge is -2.41. The van der Waals surface area contributed by atoms with Crippen LogP contribution in [0.2, 0.25) is 0 Å². The van der Waals surface area contributed by atoms with Gasteiger partial charge in [0.15, 0.2) is 0 Å². The van der Waals surface area contributed by atoms with E-state index in [2.05, 4.69) is 4.90 Å². The zero-order valence-corrected chi connectivity index (χ0v) is 9.44. The Bertz CT molecular complexity index is 198. The zero-order chi connectivity index (χ0) is 10.7. The average Bonchev–Trinajstić information content (AvgIpc) is 2.30. The first-order valence-corrected chi connectivity index (χ1v) is 6.34. The van der Waals surface area contributed by atoms with Crippen molar-refractivity contribution in [3.8, 4) is 0 Å². The van der Waals surface area contributed by atoms with Crippen LogP contribution < -0.4 is 0 Å². The van der Waals surface area contributed by atoms with E-state index in [1.54, 1.807) is 0 Å². The van der Waals surface area contributed by atoms with Crippen molar-refractivity contribution in [2.75, 3.05) is 19.7 Å². The highest BCUT2D eigenvalue weighted by atomic mass is 16.3. The van der Waals surface area contributed by atoms with Gasteiger partial charge in [-0.05, 0) is 38.1 Å². The van der Waals surface area contributed by atoms with Crippen molar-refractivity contribution in [3.05, 3.63) is 0 Å². The smallest absolute Gasteiger partial charge is 0.0695 e. The fraction of sp³-hybridized carbons (Fsp3) is 1.00. The van der Waals surface area contributed by atoms with Gasteiger partial charge in [0.25, 0.3) is 0 Å². The van der Waals surface area contributed by atoms with E-state index in [1.807, 2.05) is 0 Å². The quantitative estimate of drug-likeness (QED) is 0.719. The van der Waals surface area contributed by atoms with Crippen LogP contribution in [0.25, 0.3) is 0 Å². The standard InChI is InChI=1S/C12H23NO2/c14-9-10-4-3-7-13(8-10)11-5-1-2-6-12(11)15/h10-12,14-15H,1-9H2/t10?,11-,12-/m1/s1. The Morgan fingerprint density at radius 2 is 1.87 bits per heavy atom. The Morgan fingerprint density at radius 3 is 2.60 bits per heavy atom. The molecule has 15 heavy (non-hydrogen) atoms. The summed E-state index contributed by atoms with van der Waals surface area (Å²) < 4.78 is 0. The summed E-state index contributed by atoms with van der Waals surface area (Å²) in [5.41, 5.74) is 0. The first kappa shape index (κ1) is 11.4. The zero-order valence-electron chi connectivity index (χ0n) is 9.44. The molecule has 3 heteroatoms. The second-order valence-corrected chi connectivity index (χ2v) is 5.10. The minimum atomic E-state index is -0.129. The normalized spacial score (nSPS) is 39.2. The summed E-state index contributed by atoms with van der Waals surface area (Å²) in [7, 11) is 0. The van der Waals surface area contributed by atoms with E-state index in [-0.39, 0.29) is 6.10 Å². The summed E-state index contributed by atoms with van der Waals surface area (Å²) in [4.78, 5) is 2.41. The molecule has 2 fully saturated rings. The van der Waals surface area contributed by atoms with Crippen molar-refractivity contribution in [3.63, 3.8) is 0 Å². The summed E-state index contributed by atoms with van der Waals surface area (Å²) in [6.45, 7) is 2.40. The molecule has 1 aliphatic carbocycles. The first-order chi connectivity index (χ1) is 7.31. The lowest BCUT2D eigenvalue weighted by atomic mass is 9.88. The SMILES string of the molecule is OCC1CCCN([C@@H]2CCCC[C@H]2O)C1. The van der Waals surface area contributed by atoms with Crippen molar-refractivity contribution in [1.82, 2.24) is 4.90 Å². The minimum absolute atomic E-state index is 0.129. The average molecular weight is 213 g/mol. The maximum Gasteiger partial charge on any atom is 0.0695 e. The van der Waals surface area contributed by atoms with E-state index in [9.17, 15) is 10.2 Å². The van der Waals surface area contributed by atoms with Gasteiger partial charge in [-0.2, -0.15) is 0 Å². The van der Waals surface area contributed by atoms with Gasteiger partial charge in [0.05, 0.1) is 6.10 Å². The van der Waals surface area contributed by atoms with Crippen molar-refractivity contribution in [1.29, 1.82) is 0 Å². The number of rotatable bonds is 2. The molecule has 0 spiro atoms. The number of hydrogen-bond donors (Lipinski definition) is 2. The van der Waals surface area contributed by atoms with E-state index in [0.717, 1.165) is 32.4 Å². The largest absolute Gasteiger partial charge is 0.396 e. The monoisotopic (exact) mass is 213 g/mol. The molecular weight excluding hydrogens is 190 g/mol. The maximum atomic E-state index is 9.98. The number of aliphatic hydroxyl groups excluding tert-OH is 2. The Balaban J connectivity index is 1.90. The van der Waals surface area contributed by atoms with Gasteiger partial charge in [-0.3, -0.25) is 4.90 Å². The second kappa shape index (κ2) is 5.28. The van der Waals surface area contributed by atoms with Gasteiger partial charge in [-0.25, -0.2) is 0 Å². The number of piperidine rings is 1. The number of aliphatic hydroxyl groups is 2. The number of hydrogen-bond acceptors (Lipinski definition) is 3. The van der Waals surface area contributed by atoms with Crippen LogP contribution in [0.5, 0.6) is 0 Å². The number of nitrogens with zero attached hydrogens (tertiary/aromatic N) is 1. The Labute approximate surface area is 92.1 Å². The fourth-order valence-electron chi connectivity index (χ4n) is 3.07. The molecular formula is C12H23NO2. The van der Waals surface area contributed by atoms with Gasteiger partial charge in [0, 0.05) is 19.2 Å². The van der Waals surface area contributed by atoms with Gasteiger partial charge in [-0.15, -0.1) is 0 Å². The molecule has 0 bridgehead atoms. The highest BCUT2D eigenvalue weighted by molar-refractivity contribution is 4.86. The third-order valence-corrected chi connectivity index (χ3v) is 3.97. The summed E-state index contributed by atoms with van der Waals surface area (Å²) in [6, 6.07) is 0.369. The number of likely N-dealkylation sites (tertiary alicyclic amines) is 1. The third kappa shape index (κ3) is 2.71. The minimum Gasteiger partial charge on any atom is -0.396 e. The van der Waals surface area contributed by atoms with Crippen LogP contribution in [0.1, 0.15) is 38.5 Å². The molecule has 2 aliphatic rings. The van der Waals surface area contributed by atoms with Gasteiger partial charge in [0.1, 0.15) is 0 Å². The molecule has 1 heterocycles. The molecule has 3 atom stereocenters. The summed E-state index contributed by atoms with van der Waals surface area (Å²) in [5.74, 6) is 0.438. The van der Waals surface area contributed by atoms with Gasteiger partial charge in [-0.1, -0.05) is 12.8 Å². The van der Waals surface area contributed by atoms with Crippen molar-refractivity contribution in [2.24, 2.45) is 5.92 Å². The fourth-order valence-corrected chi connectivity index (χ4v) is 3.07. The topological polar surface area (TPSA) is 43.7 Å². The van der Waals surface area contributed by atoms with Gasteiger partial charge >= 0.3 is 0 Å². The van der Waals surface area contributed by atoms with E-state index in [0.29, 0.717) is 18.6 Å². The van der Waals surface area contributed by atoms with Crippen LogP contribution in [0.4, 0.5) is 0 Å². The van der Waals surface area contributed by atoms with Crippen LogP contribution in [-0.2, 0) is 0 Å².